The number of para-hydroxylation sites is 1. The lowest BCUT2D eigenvalue weighted by molar-refractivity contribution is 0.415. The Hall–Kier alpha value is -4.12. The van der Waals surface area contributed by atoms with E-state index in [1.807, 2.05) is 6.07 Å². The zero-order chi connectivity index (χ0) is 19.2. The number of hydrogen-bond acceptors (Lipinski definition) is 8. The number of nitrogens with one attached hydrogen (secondary N) is 1. The molecule has 3 rings (SSSR count). The summed E-state index contributed by atoms with van der Waals surface area (Å²) in [4.78, 5) is 8.39. The average molecular weight is 360 g/mol. The minimum absolute atomic E-state index is 0.0403. The monoisotopic (exact) mass is 360 g/mol. The number of nitrogen functional groups attached to an aromatic ring is 1. The third kappa shape index (κ3) is 3.93. The zero-order valence-electron chi connectivity index (χ0n) is 14.4. The molecule has 0 aliphatic rings. The maximum Gasteiger partial charge on any atom is 0.246 e. The van der Waals surface area contributed by atoms with Crippen molar-refractivity contribution >= 4 is 18.0 Å². The maximum absolute atomic E-state index is 9.74. The molecule has 0 fully saturated rings. The van der Waals surface area contributed by atoms with Crippen molar-refractivity contribution in [2.24, 2.45) is 5.10 Å². The molecule has 0 saturated carbocycles. The molecule has 0 amide bonds. The van der Waals surface area contributed by atoms with Crippen LogP contribution < -0.4 is 15.9 Å². The largest absolute Gasteiger partial charge is 0.507 e. The predicted octanol–water partition coefficient (Wildman–Crippen LogP) is 2.76. The maximum atomic E-state index is 9.74. The topological polar surface area (TPSA) is 129 Å². The normalized spacial score (nSPS) is 10.5. The number of nitriles is 1. The third-order valence-electron chi connectivity index (χ3n) is 3.72. The van der Waals surface area contributed by atoms with Gasteiger partial charge in [-0.15, -0.1) is 0 Å². The molecule has 0 atom stereocenters. The average Bonchev–Trinajstić information content (AvgIpc) is 2.69. The number of nitrogens with two attached hydrogens (primary N) is 1. The lowest BCUT2D eigenvalue weighted by atomic mass is 10.1. The van der Waals surface area contributed by atoms with Gasteiger partial charge in [-0.1, -0.05) is 12.1 Å². The number of aromatic hydroxyl groups is 1. The van der Waals surface area contributed by atoms with Crippen molar-refractivity contribution < 1.29 is 9.84 Å². The van der Waals surface area contributed by atoms with Crippen molar-refractivity contribution in [1.29, 1.82) is 5.26 Å². The lowest BCUT2D eigenvalue weighted by Crippen LogP contribution is -2.05. The van der Waals surface area contributed by atoms with Crippen LogP contribution in [-0.4, -0.2) is 28.4 Å². The van der Waals surface area contributed by atoms with E-state index >= 15 is 0 Å². The summed E-state index contributed by atoms with van der Waals surface area (Å²) in [5, 5.41) is 23.1. The summed E-state index contributed by atoms with van der Waals surface area (Å²) >= 11 is 0. The van der Waals surface area contributed by atoms with Crippen LogP contribution >= 0.6 is 0 Å². The Balaban J connectivity index is 1.92. The Bertz CT molecular complexity index is 1030. The second-order valence-corrected chi connectivity index (χ2v) is 5.43. The van der Waals surface area contributed by atoms with E-state index in [1.54, 1.807) is 55.6 Å². The predicted molar refractivity (Wildman–Crippen MR) is 102 cm³/mol. The summed E-state index contributed by atoms with van der Waals surface area (Å²) in [6, 6.07) is 15.9. The molecule has 4 N–H and O–H groups in total. The quantitative estimate of drug-likeness (QED) is 0.471. The van der Waals surface area contributed by atoms with Crippen molar-refractivity contribution in [2.45, 2.75) is 0 Å². The summed E-state index contributed by atoms with van der Waals surface area (Å²) in [7, 11) is 1.57. The van der Waals surface area contributed by atoms with Gasteiger partial charge in [-0.25, -0.2) is 10.4 Å². The van der Waals surface area contributed by atoms with E-state index in [0.717, 1.165) is 0 Å². The fourth-order valence-electron chi connectivity index (χ4n) is 2.35. The van der Waals surface area contributed by atoms with Gasteiger partial charge in [0.2, 0.25) is 5.95 Å². The molecule has 0 aliphatic carbocycles. The SMILES string of the molecule is COc1ccc(-c2nc(N/N=C\c3ccccc3O)nc(N)c2C#N)cc1. The first kappa shape index (κ1) is 17.7. The first-order valence-corrected chi connectivity index (χ1v) is 7.91. The summed E-state index contributed by atoms with van der Waals surface area (Å²) < 4.78 is 5.14. The first-order valence-electron chi connectivity index (χ1n) is 7.91. The Morgan fingerprint density at radius 3 is 2.59 bits per heavy atom. The molecule has 8 nitrogen and oxygen atoms in total. The number of hydrogen-bond donors (Lipinski definition) is 3. The minimum atomic E-state index is 0.0403. The van der Waals surface area contributed by atoms with Crippen LogP contribution in [0, 0.1) is 11.3 Å². The van der Waals surface area contributed by atoms with Crippen molar-refractivity contribution in [3.63, 3.8) is 0 Å². The van der Waals surface area contributed by atoms with E-state index in [0.29, 0.717) is 22.6 Å². The Morgan fingerprint density at radius 1 is 1.19 bits per heavy atom. The highest BCUT2D eigenvalue weighted by Crippen LogP contribution is 2.27. The van der Waals surface area contributed by atoms with E-state index in [1.165, 1.54) is 6.21 Å². The van der Waals surface area contributed by atoms with Crippen LogP contribution in [0.1, 0.15) is 11.1 Å². The van der Waals surface area contributed by atoms with Crippen molar-refractivity contribution in [2.75, 3.05) is 18.3 Å². The molecule has 1 heterocycles. The molecule has 3 aromatic rings. The van der Waals surface area contributed by atoms with Crippen LogP contribution in [0.25, 0.3) is 11.3 Å². The van der Waals surface area contributed by atoms with Gasteiger partial charge in [0.25, 0.3) is 0 Å². The van der Waals surface area contributed by atoms with Gasteiger partial charge < -0.3 is 15.6 Å². The van der Waals surface area contributed by atoms with Gasteiger partial charge in [-0.3, -0.25) is 0 Å². The van der Waals surface area contributed by atoms with Gasteiger partial charge in [-0.05, 0) is 36.4 Å². The molecule has 0 aliphatic heterocycles. The van der Waals surface area contributed by atoms with Crippen LogP contribution in [-0.2, 0) is 0 Å². The summed E-state index contributed by atoms with van der Waals surface area (Å²) in [5.41, 5.74) is 10.3. The first-order chi connectivity index (χ1) is 13.1. The van der Waals surface area contributed by atoms with Crippen LogP contribution in [0.15, 0.2) is 53.6 Å². The fourth-order valence-corrected chi connectivity index (χ4v) is 2.35. The molecular formula is C19H16N6O2. The van der Waals surface area contributed by atoms with Gasteiger partial charge in [0, 0.05) is 11.1 Å². The zero-order valence-corrected chi connectivity index (χ0v) is 14.4. The van der Waals surface area contributed by atoms with Crippen LogP contribution in [0.3, 0.4) is 0 Å². The van der Waals surface area contributed by atoms with E-state index in [2.05, 4.69) is 20.5 Å². The van der Waals surface area contributed by atoms with Crippen molar-refractivity contribution in [3.05, 3.63) is 59.7 Å². The molecule has 27 heavy (non-hydrogen) atoms. The number of nitrogens with zero attached hydrogens (tertiary/aromatic N) is 4. The molecule has 8 heteroatoms. The summed E-state index contributed by atoms with van der Waals surface area (Å²) in [5.74, 6) is 0.953. The van der Waals surface area contributed by atoms with Crippen molar-refractivity contribution in [1.82, 2.24) is 9.97 Å². The fraction of sp³-hybridized carbons (Fsp3) is 0.0526. The second kappa shape index (κ2) is 7.84. The standard InChI is InChI=1S/C19H16N6O2/c1-27-14-8-6-12(7-9-14)17-15(10-20)18(21)24-19(23-17)25-22-11-13-4-2-3-5-16(13)26/h2-9,11,26H,1H3,(H3,21,23,24,25)/b22-11-. The molecule has 2 aromatic carbocycles. The third-order valence-corrected chi connectivity index (χ3v) is 3.72. The van der Waals surface area contributed by atoms with Crippen LogP contribution in [0.2, 0.25) is 0 Å². The molecule has 134 valence electrons. The van der Waals surface area contributed by atoms with Crippen molar-refractivity contribution in [3.8, 4) is 28.8 Å². The van der Waals surface area contributed by atoms with Gasteiger partial charge in [0.1, 0.15) is 28.9 Å². The molecule has 0 radical (unpaired) electrons. The van der Waals surface area contributed by atoms with Gasteiger partial charge in [0.05, 0.1) is 19.0 Å². The van der Waals surface area contributed by atoms with Crippen LogP contribution in [0.5, 0.6) is 11.5 Å². The Labute approximate surface area is 155 Å². The lowest BCUT2D eigenvalue weighted by Gasteiger charge is -2.09. The number of rotatable bonds is 5. The molecular weight excluding hydrogens is 344 g/mol. The van der Waals surface area contributed by atoms with Crippen LogP contribution in [0.4, 0.5) is 11.8 Å². The molecule has 1 aromatic heterocycles. The highest BCUT2D eigenvalue weighted by Gasteiger charge is 2.14. The van der Waals surface area contributed by atoms with E-state index in [9.17, 15) is 10.4 Å². The highest BCUT2D eigenvalue weighted by atomic mass is 16.5. The number of methoxy groups -OCH3 is 1. The number of benzene rings is 2. The molecule has 0 spiro atoms. The Kier molecular flexibility index (Phi) is 5.14. The number of aromatic nitrogens is 2. The van der Waals surface area contributed by atoms with E-state index in [4.69, 9.17) is 10.5 Å². The highest BCUT2D eigenvalue weighted by molar-refractivity contribution is 5.83. The molecule has 0 unspecified atom stereocenters. The second-order valence-electron chi connectivity index (χ2n) is 5.43. The number of phenols is 1. The molecule has 0 saturated heterocycles. The van der Waals surface area contributed by atoms with Gasteiger partial charge in [0.15, 0.2) is 0 Å². The van der Waals surface area contributed by atoms with E-state index in [-0.39, 0.29) is 23.1 Å². The summed E-state index contributed by atoms with van der Waals surface area (Å²) in [6.07, 6.45) is 1.43. The number of ether oxygens (including phenoxy) is 1. The number of anilines is 2. The smallest absolute Gasteiger partial charge is 0.246 e. The number of hydrazone groups is 1. The summed E-state index contributed by atoms with van der Waals surface area (Å²) in [6.45, 7) is 0. The molecule has 0 bridgehead atoms. The Morgan fingerprint density at radius 2 is 1.93 bits per heavy atom. The number of phenolic OH excluding ortho intramolecular Hbond substituents is 1. The minimum Gasteiger partial charge on any atom is -0.507 e. The van der Waals surface area contributed by atoms with E-state index < -0.39 is 0 Å². The van der Waals surface area contributed by atoms with Gasteiger partial charge >= 0.3 is 0 Å². The van der Waals surface area contributed by atoms with Gasteiger partial charge in [-0.2, -0.15) is 15.3 Å².